The van der Waals surface area contributed by atoms with Crippen LogP contribution in [0.3, 0.4) is 0 Å². The number of rotatable bonds is 13. The van der Waals surface area contributed by atoms with E-state index < -0.39 is 10.0 Å². The molecule has 0 saturated carbocycles. The molecule has 3 aromatic rings. The number of nitrogens with one attached hydrogen (secondary N) is 1. The fourth-order valence-corrected chi connectivity index (χ4v) is 5.87. The number of benzene rings is 2. The van der Waals surface area contributed by atoms with Crippen molar-refractivity contribution in [3.63, 3.8) is 0 Å². The largest absolute Gasteiger partial charge is 0.497 e. The van der Waals surface area contributed by atoms with Crippen molar-refractivity contribution < 1.29 is 22.7 Å². The van der Waals surface area contributed by atoms with E-state index in [0.29, 0.717) is 34.7 Å². The molecular weight excluding hydrogens is 506 g/mol. The summed E-state index contributed by atoms with van der Waals surface area (Å²) in [5.41, 5.74) is 4.12. The number of hydrogen-bond donors (Lipinski definition) is 1. The summed E-state index contributed by atoms with van der Waals surface area (Å²) in [6.45, 7) is 4.90. The summed E-state index contributed by atoms with van der Waals surface area (Å²) >= 11 is 0. The predicted molar refractivity (Wildman–Crippen MR) is 148 cm³/mol. The minimum absolute atomic E-state index is 0.0979. The van der Waals surface area contributed by atoms with Gasteiger partial charge in [0.1, 0.15) is 18.2 Å². The second-order valence-electron chi connectivity index (χ2n) is 9.69. The summed E-state index contributed by atoms with van der Waals surface area (Å²) in [5, 5.41) is 0. The molecule has 11 heteroatoms. The van der Waals surface area contributed by atoms with Crippen LogP contribution in [0.15, 0.2) is 35.2 Å². The van der Waals surface area contributed by atoms with Gasteiger partial charge in [-0.15, -0.1) is 0 Å². The summed E-state index contributed by atoms with van der Waals surface area (Å²) in [4.78, 5) is 24.4. The van der Waals surface area contributed by atoms with Crippen molar-refractivity contribution in [2.75, 3.05) is 55.1 Å². The summed E-state index contributed by atoms with van der Waals surface area (Å²) in [5.74, 6) is 1.33. The number of hydrogen-bond acceptors (Lipinski definition) is 7. The van der Waals surface area contributed by atoms with E-state index in [1.165, 1.54) is 11.4 Å². The highest BCUT2D eigenvalue weighted by molar-refractivity contribution is 7.89. The normalized spacial score (nSPS) is 12.0. The van der Waals surface area contributed by atoms with E-state index in [0.717, 1.165) is 29.0 Å². The van der Waals surface area contributed by atoms with Gasteiger partial charge in [0.05, 0.1) is 36.2 Å². The number of H-pyrrole nitrogens is 1. The van der Waals surface area contributed by atoms with Crippen molar-refractivity contribution in [3.05, 3.63) is 52.8 Å². The lowest BCUT2D eigenvalue weighted by molar-refractivity contribution is -0.135. The summed E-state index contributed by atoms with van der Waals surface area (Å²) in [7, 11) is 5.05. The maximum Gasteiger partial charge on any atom is 0.248 e. The van der Waals surface area contributed by atoms with E-state index in [9.17, 15) is 13.2 Å². The Morgan fingerprint density at radius 3 is 2.47 bits per heavy atom. The van der Waals surface area contributed by atoms with Gasteiger partial charge >= 0.3 is 0 Å². The van der Waals surface area contributed by atoms with Crippen LogP contribution in [0.1, 0.15) is 29.4 Å². The molecule has 1 N–H and O–H groups in total. The van der Waals surface area contributed by atoms with E-state index in [4.69, 9.17) is 9.47 Å². The highest BCUT2D eigenvalue weighted by Crippen LogP contribution is 2.28. The van der Waals surface area contributed by atoms with Gasteiger partial charge in [-0.3, -0.25) is 4.79 Å². The number of carbonyl (C=O) groups is 1. The van der Waals surface area contributed by atoms with Crippen LogP contribution in [-0.4, -0.2) is 93.5 Å². The number of methoxy groups -OCH3 is 1. The van der Waals surface area contributed by atoms with Gasteiger partial charge in [-0.25, -0.2) is 13.4 Å². The minimum Gasteiger partial charge on any atom is -0.497 e. The monoisotopic (exact) mass is 545 g/mol. The van der Waals surface area contributed by atoms with E-state index in [-0.39, 0.29) is 25.7 Å². The number of sulfonamides is 1. The van der Waals surface area contributed by atoms with Gasteiger partial charge in [0, 0.05) is 27.2 Å². The number of nitrogens with zero attached hydrogens (tertiary/aromatic N) is 4. The van der Waals surface area contributed by atoms with Crippen molar-refractivity contribution in [2.45, 2.75) is 38.3 Å². The molecule has 1 aromatic heterocycles. The average molecular weight is 546 g/mol. The Morgan fingerprint density at radius 1 is 1.08 bits per heavy atom. The molecule has 0 bridgehead atoms. The molecule has 10 nitrogen and oxygen atoms in total. The molecule has 1 amide bonds. The van der Waals surface area contributed by atoms with Crippen molar-refractivity contribution in [2.24, 2.45) is 0 Å². The Bertz CT molecular complexity index is 1370. The number of aryl methyl sites for hydroxylation is 2. The second-order valence-corrected chi connectivity index (χ2v) is 11.7. The molecule has 0 fully saturated rings. The third-order valence-corrected chi connectivity index (χ3v) is 8.40. The van der Waals surface area contributed by atoms with E-state index in [1.807, 2.05) is 44.1 Å². The Balaban J connectivity index is 1.53. The highest BCUT2D eigenvalue weighted by atomic mass is 32.2. The molecule has 0 atom stereocenters. The Hall–Kier alpha value is -2.99. The van der Waals surface area contributed by atoms with E-state index in [2.05, 4.69) is 9.97 Å². The average Bonchev–Trinajstić information content (AvgIpc) is 3.26. The standard InChI is InChI=1S/C27H39N5O5S/c1-8-21-15-22(36-7)13-19(2)27(21)38(34,35)32(6)11-12-37-18-26(33)31(5)16-20-9-10-23-24(14-20)29-25(28-23)17-30(3)4/h9-10,13-15H,8,11-12,16-18H2,1-7H3,(H,28,29). The predicted octanol–water partition coefficient (Wildman–Crippen LogP) is 2.80. The summed E-state index contributed by atoms with van der Waals surface area (Å²) in [6, 6.07) is 9.37. The first-order valence-corrected chi connectivity index (χ1v) is 14.0. The Labute approximate surface area is 225 Å². The molecule has 0 aliphatic carbocycles. The van der Waals surface area contributed by atoms with Gasteiger partial charge in [-0.05, 0) is 68.4 Å². The van der Waals surface area contributed by atoms with Crippen molar-refractivity contribution in [1.29, 1.82) is 0 Å². The number of ether oxygens (including phenoxy) is 2. The maximum absolute atomic E-state index is 13.3. The van der Waals surface area contributed by atoms with E-state index in [1.54, 1.807) is 38.1 Å². The zero-order chi connectivity index (χ0) is 28.0. The van der Waals surface area contributed by atoms with E-state index >= 15 is 0 Å². The Kier molecular flexibility index (Phi) is 9.88. The van der Waals surface area contributed by atoms with Crippen LogP contribution in [0.2, 0.25) is 0 Å². The third kappa shape index (κ3) is 7.10. The van der Waals surface area contributed by atoms with Crippen molar-refractivity contribution in [3.8, 4) is 5.75 Å². The molecule has 0 spiro atoms. The van der Waals surface area contributed by atoms with Gasteiger partial charge in [0.2, 0.25) is 15.9 Å². The topological polar surface area (TPSA) is 108 Å². The lowest BCUT2D eigenvalue weighted by Gasteiger charge is -2.22. The van der Waals surface area contributed by atoms with Gasteiger partial charge in [0.15, 0.2) is 0 Å². The minimum atomic E-state index is -3.73. The lowest BCUT2D eigenvalue weighted by atomic mass is 10.1. The zero-order valence-corrected chi connectivity index (χ0v) is 24.2. The van der Waals surface area contributed by atoms with Gasteiger partial charge in [-0.2, -0.15) is 4.31 Å². The molecule has 1 heterocycles. The Morgan fingerprint density at radius 2 is 1.82 bits per heavy atom. The van der Waals surface area contributed by atoms with Crippen LogP contribution in [-0.2, 0) is 39.1 Å². The van der Waals surface area contributed by atoms with Gasteiger partial charge < -0.3 is 24.3 Å². The number of amides is 1. The molecule has 0 radical (unpaired) electrons. The first-order chi connectivity index (χ1) is 18.0. The second kappa shape index (κ2) is 12.7. The highest BCUT2D eigenvalue weighted by Gasteiger charge is 2.26. The first-order valence-electron chi connectivity index (χ1n) is 12.5. The fourth-order valence-electron chi connectivity index (χ4n) is 4.24. The smallest absolute Gasteiger partial charge is 0.248 e. The molecule has 0 aliphatic rings. The third-order valence-electron chi connectivity index (χ3n) is 6.29. The number of fused-ring (bicyclic) bond motifs is 1. The molecule has 208 valence electrons. The molecule has 38 heavy (non-hydrogen) atoms. The fraction of sp³-hybridized carbons (Fsp3) is 0.481. The number of carbonyl (C=O) groups excluding carboxylic acids is 1. The van der Waals surface area contributed by atoms with Crippen LogP contribution in [0.5, 0.6) is 5.75 Å². The SMILES string of the molecule is CCc1cc(OC)cc(C)c1S(=O)(=O)N(C)CCOCC(=O)N(C)Cc1ccc2nc(CN(C)C)[nH]c2c1. The molecular formula is C27H39N5O5S. The first kappa shape index (κ1) is 29.6. The maximum atomic E-state index is 13.3. The molecule has 2 aromatic carbocycles. The van der Waals surface area contributed by atoms with Crippen molar-refractivity contribution >= 4 is 27.0 Å². The van der Waals surface area contributed by atoms with Crippen LogP contribution < -0.4 is 4.74 Å². The number of aromatic nitrogens is 2. The molecule has 3 rings (SSSR count). The van der Waals surface area contributed by atoms with Crippen LogP contribution in [0.4, 0.5) is 0 Å². The number of imidazole rings is 1. The van der Waals surface area contributed by atoms with Crippen LogP contribution in [0, 0.1) is 6.92 Å². The molecule has 0 aliphatic heterocycles. The van der Waals surface area contributed by atoms with Crippen LogP contribution in [0.25, 0.3) is 11.0 Å². The van der Waals surface area contributed by atoms with Gasteiger partial charge in [-0.1, -0.05) is 13.0 Å². The quantitative estimate of drug-likeness (QED) is 0.329. The number of aromatic amines is 1. The summed E-state index contributed by atoms with van der Waals surface area (Å²) < 4.78 is 38.6. The molecule has 0 saturated heterocycles. The summed E-state index contributed by atoms with van der Waals surface area (Å²) in [6.07, 6.45) is 0.558. The molecule has 0 unspecified atom stereocenters. The van der Waals surface area contributed by atoms with Crippen LogP contribution >= 0.6 is 0 Å². The lowest BCUT2D eigenvalue weighted by Crippen LogP contribution is -2.33. The number of likely N-dealkylation sites (N-methyl/N-ethyl adjacent to an activating group) is 2. The van der Waals surface area contributed by atoms with Crippen molar-refractivity contribution in [1.82, 2.24) is 24.1 Å². The zero-order valence-electron chi connectivity index (χ0n) is 23.4. The van der Waals surface area contributed by atoms with Gasteiger partial charge in [0.25, 0.3) is 0 Å².